The Hall–Kier alpha value is -2.72. The van der Waals surface area contributed by atoms with Crippen LogP contribution in [0.15, 0.2) is 60.8 Å². The van der Waals surface area contributed by atoms with E-state index in [-0.39, 0.29) is 0 Å². The predicted octanol–water partition coefficient (Wildman–Crippen LogP) is 5.20. The zero-order chi connectivity index (χ0) is 21.5. The highest BCUT2D eigenvalue weighted by Gasteiger charge is 2.20. The first-order chi connectivity index (χ1) is 15.2. The summed E-state index contributed by atoms with van der Waals surface area (Å²) in [6.07, 6.45) is 8.36. The van der Waals surface area contributed by atoms with Gasteiger partial charge in [-0.3, -0.25) is 0 Å². The lowest BCUT2D eigenvalue weighted by atomic mass is 9.83. The van der Waals surface area contributed by atoms with Gasteiger partial charge in [-0.2, -0.15) is 0 Å². The first-order valence-electron chi connectivity index (χ1n) is 11.6. The number of aromatic hydroxyl groups is 1. The third-order valence-corrected chi connectivity index (χ3v) is 6.50. The second-order valence-corrected chi connectivity index (χ2v) is 8.85. The standard InChI is InChI=1S/C27H33N3O/c1-20-19-28-16-14-23(20)11-8-22-5-2-6-24(18-22)26-15-17-29-27(30-26)7-3-4-21-9-12-25(31)13-10-21/h2,5-6,9-10,12-13,15,17-18,20,23,28,31H,3-4,7-8,11,14,16,19H2,1H3/t20-,23+/m0/s1. The lowest BCUT2D eigenvalue weighted by Gasteiger charge is -2.29. The van der Waals surface area contributed by atoms with Crippen LogP contribution in [-0.2, 0) is 19.3 Å². The van der Waals surface area contributed by atoms with Gasteiger partial charge in [0.05, 0.1) is 5.69 Å². The van der Waals surface area contributed by atoms with Crippen LogP contribution in [0.1, 0.15) is 43.1 Å². The summed E-state index contributed by atoms with van der Waals surface area (Å²) >= 11 is 0. The van der Waals surface area contributed by atoms with Gasteiger partial charge < -0.3 is 10.4 Å². The highest BCUT2D eigenvalue weighted by Crippen LogP contribution is 2.25. The van der Waals surface area contributed by atoms with Crippen molar-refractivity contribution >= 4 is 0 Å². The summed E-state index contributed by atoms with van der Waals surface area (Å²) in [7, 11) is 0. The summed E-state index contributed by atoms with van der Waals surface area (Å²) in [4.78, 5) is 9.31. The van der Waals surface area contributed by atoms with Gasteiger partial charge in [0, 0.05) is 18.2 Å². The molecular formula is C27H33N3O. The van der Waals surface area contributed by atoms with Crippen LogP contribution < -0.4 is 5.32 Å². The average Bonchev–Trinajstić information content (AvgIpc) is 2.80. The molecule has 1 aliphatic rings. The maximum absolute atomic E-state index is 9.41. The smallest absolute Gasteiger partial charge is 0.128 e. The van der Waals surface area contributed by atoms with Gasteiger partial charge in [-0.1, -0.05) is 37.3 Å². The van der Waals surface area contributed by atoms with Crippen molar-refractivity contribution in [2.75, 3.05) is 13.1 Å². The van der Waals surface area contributed by atoms with E-state index in [2.05, 4.69) is 41.5 Å². The molecule has 3 aromatic rings. The molecule has 1 fully saturated rings. The predicted molar refractivity (Wildman–Crippen MR) is 126 cm³/mol. The van der Waals surface area contributed by atoms with Gasteiger partial charge in [0.25, 0.3) is 0 Å². The molecule has 0 spiro atoms. The number of piperidine rings is 1. The monoisotopic (exact) mass is 415 g/mol. The third-order valence-electron chi connectivity index (χ3n) is 6.50. The molecule has 0 aliphatic carbocycles. The third kappa shape index (κ3) is 6.14. The van der Waals surface area contributed by atoms with Gasteiger partial charge in [-0.15, -0.1) is 0 Å². The first kappa shape index (κ1) is 21.5. The molecule has 1 aliphatic heterocycles. The maximum atomic E-state index is 9.41. The Kier molecular flexibility index (Phi) is 7.31. The van der Waals surface area contributed by atoms with Crippen molar-refractivity contribution in [3.05, 3.63) is 77.7 Å². The molecule has 162 valence electrons. The Morgan fingerprint density at radius 2 is 1.87 bits per heavy atom. The van der Waals surface area contributed by atoms with Crippen molar-refractivity contribution < 1.29 is 5.11 Å². The number of aryl methyl sites for hydroxylation is 3. The van der Waals surface area contributed by atoms with Crippen molar-refractivity contribution in [1.82, 2.24) is 15.3 Å². The summed E-state index contributed by atoms with van der Waals surface area (Å²) in [5, 5.41) is 12.9. The SMILES string of the molecule is C[C@H]1CNCC[C@H]1CCc1cccc(-c2ccnc(CCCc3ccc(O)cc3)n2)c1. The van der Waals surface area contributed by atoms with Crippen LogP contribution in [0.4, 0.5) is 0 Å². The van der Waals surface area contributed by atoms with E-state index in [1.54, 1.807) is 12.1 Å². The zero-order valence-corrected chi connectivity index (χ0v) is 18.4. The number of rotatable bonds is 8. The Labute approximate surface area is 185 Å². The van der Waals surface area contributed by atoms with E-state index in [4.69, 9.17) is 4.98 Å². The highest BCUT2D eigenvalue weighted by atomic mass is 16.3. The molecule has 0 amide bonds. The minimum atomic E-state index is 0.312. The van der Waals surface area contributed by atoms with Gasteiger partial charge >= 0.3 is 0 Å². The van der Waals surface area contributed by atoms with E-state index < -0.39 is 0 Å². The van der Waals surface area contributed by atoms with E-state index in [1.807, 2.05) is 24.4 Å². The highest BCUT2D eigenvalue weighted by molar-refractivity contribution is 5.59. The van der Waals surface area contributed by atoms with Crippen LogP contribution in [0.5, 0.6) is 5.75 Å². The second kappa shape index (κ2) is 10.5. The fourth-order valence-corrected chi connectivity index (χ4v) is 4.53. The number of benzene rings is 2. The quantitative estimate of drug-likeness (QED) is 0.531. The largest absolute Gasteiger partial charge is 0.508 e. The molecule has 2 atom stereocenters. The molecule has 4 nitrogen and oxygen atoms in total. The van der Waals surface area contributed by atoms with Crippen LogP contribution in [0.2, 0.25) is 0 Å². The minimum absolute atomic E-state index is 0.312. The van der Waals surface area contributed by atoms with Gasteiger partial charge in [0.15, 0.2) is 0 Å². The molecule has 0 saturated carbocycles. The van der Waals surface area contributed by atoms with Gasteiger partial charge in [-0.25, -0.2) is 9.97 Å². The lowest BCUT2D eigenvalue weighted by molar-refractivity contribution is 0.259. The van der Waals surface area contributed by atoms with Crippen LogP contribution in [0.25, 0.3) is 11.3 Å². The summed E-state index contributed by atoms with van der Waals surface area (Å²) < 4.78 is 0. The summed E-state index contributed by atoms with van der Waals surface area (Å²) in [6, 6.07) is 18.3. The zero-order valence-electron chi connectivity index (χ0n) is 18.4. The molecular weight excluding hydrogens is 382 g/mol. The maximum Gasteiger partial charge on any atom is 0.128 e. The number of nitrogens with zero attached hydrogens (tertiary/aromatic N) is 2. The van der Waals surface area contributed by atoms with E-state index in [1.165, 1.54) is 29.5 Å². The molecule has 1 saturated heterocycles. The summed E-state index contributed by atoms with van der Waals surface area (Å²) in [5.41, 5.74) is 4.81. The Bertz CT molecular complexity index is 970. The molecule has 31 heavy (non-hydrogen) atoms. The van der Waals surface area contributed by atoms with E-state index in [0.29, 0.717) is 5.75 Å². The molecule has 2 aromatic carbocycles. The Morgan fingerprint density at radius 1 is 1.00 bits per heavy atom. The molecule has 0 radical (unpaired) electrons. The van der Waals surface area contributed by atoms with E-state index >= 15 is 0 Å². The lowest BCUT2D eigenvalue weighted by Crippen LogP contribution is -2.35. The fraction of sp³-hybridized carbons (Fsp3) is 0.407. The van der Waals surface area contributed by atoms with Crippen LogP contribution >= 0.6 is 0 Å². The number of hydrogen-bond donors (Lipinski definition) is 2. The van der Waals surface area contributed by atoms with E-state index in [9.17, 15) is 5.11 Å². The first-order valence-corrected chi connectivity index (χ1v) is 11.6. The molecule has 1 aromatic heterocycles. The number of nitrogens with one attached hydrogen (secondary N) is 1. The topological polar surface area (TPSA) is 58.0 Å². The molecule has 0 bridgehead atoms. The van der Waals surface area contributed by atoms with Crippen molar-refractivity contribution in [2.24, 2.45) is 11.8 Å². The van der Waals surface area contributed by atoms with Crippen LogP contribution in [0, 0.1) is 11.8 Å². The molecule has 4 rings (SSSR count). The average molecular weight is 416 g/mol. The molecule has 4 heteroatoms. The summed E-state index contributed by atoms with van der Waals surface area (Å²) in [6.45, 7) is 4.68. The van der Waals surface area contributed by atoms with Crippen LogP contribution in [0.3, 0.4) is 0 Å². The van der Waals surface area contributed by atoms with Crippen molar-refractivity contribution in [3.8, 4) is 17.0 Å². The van der Waals surface area contributed by atoms with Crippen molar-refractivity contribution in [3.63, 3.8) is 0 Å². The minimum Gasteiger partial charge on any atom is -0.508 e. The molecule has 0 unspecified atom stereocenters. The number of phenolic OH excluding ortho intramolecular Hbond substituents is 1. The molecule has 2 heterocycles. The second-order valence-electron chi connectivity index (χ2n) is 8.85. The summed E-state index contributed by atoms with van der Waals surface area (Å²) in [5.74, 6) is 2.80. The number of phenols is 1. The number of hydrogen-bond acceptors (Lipinski definition) is 4. The van der Waals surface area contributed by atoms with E-state index in [0.717, 1.165) is 62.1 Å². The van der Waals surface area contributed by atoms with Crippen molar-refractivity contribution in [1.29, 1.82) is 0 Å². The Morgan fingerprint density at radius 3 is 2.71 bits per heavy atom. The fourth-order valence-electron chi connectivity index (χ4n) is 4.53. The van der Waals surface area contributed by atoms with Gasteiger partial charge in [0.2, 0.25) is 0 Å². The molecule has 2 N–H and O–H groups in total. The normalized spacial score (nSPS) is 18.7. The van der Waals surface area contributed by atoms with Crippen LogP contribution in [-0.4, -0.2) is 28.2 Å². The van der Waals surface area contributed by atoms with Gasteiger partial charge in [0.1, 0.15) is 11.6 Å². The van der Waals surface area contributed by atoms with Crippen molar-refractivity contribution in [2.45, 2.75) is 45.4 Å². The number of aromatic nitrogens is 2. The Balaban J connectivity index is 1.35. The van der Waals surface area contributed by atoms with Gasteiger partial charge in [-0.05, 0) is 92.4 Å².